The zero-order valence-corrected chi connectivity index (χ0v) is 16.8. The van der Waals surface area contributed by atoms with Gasteiger partial charge < -0.3 is 10.1 Å². The third-order valence-corrected chi connectivity index (χ3v) is 4.87. The van der Waals surface area contributed by atoms with Gasteiger partial charge >= 0.3 is 12.0 Å². The highest BCUT2D eigenvalue weighted by atomic mass is 35.5. The first-order valence-corrected chi connectivity index (χ1v) is 9.77. The van der Waals surface area contributed by atoms with Gasteiger partial charge in [0.25, 0.3) is 5.91 Å². The van der Waals surface area contributed by atoms with E-state index in [1.54, 1.807) is 60.0 Å². The Balaban J connectivity index is 1.55. The number of ether oxygens (including phenoxy) is 1. The van der Waals surface area contributed by atoms with Crippen molar-refractivity contribution in [3.63, 3.8) is 0 Å². The molecule has 0 saturated carbocycles. The Hall–Kier alpha value is -3.23. The second-order valence-electron chi connectivity index (χ2n) is 5.90. The molecule has 148 valence electrons. The Morgan fingerprint density at radius 1 is 1.07 bits per heavy atom. The topological polar surface area (TPSA) is 97.4 Å². The Kier molecular flexibility index (Phi) is 6.58. The molecule has 0 bridgehead atoms. The van der Waals surface area contributed by atoms with Crippen LogP contribution >= 0.6 is 22.9 Å². The SMILES string of the molecule is CC(OC(=O)c1csc(-c2ccc(Cl)cc2)n1)C(=O)NC(=O)Nc1ccccc1. The van der Waals surface area contributed by atoms with Crippen LogP contribution in [-0.4, -0.2) is 29.0 Å². The molecule has 2 N–H and O–H groups in total. The summed E-state index contributed by atoms with van der Waals surface area (Å²) in [6.45, 7) is 1.37. The zero-order chi connectivity index (χ0) is 20.8. The third kappa shape index (κ3) is 5.63. The number of nitrogens with zero attached hydrogens (tertiary/aromatic N) is 1. The summed E-state index contributed by atoms with van der Waals surface area (Å²) in [6.07, 6.45) is -1.18. The number of nitrogens with one attached hydrogen (secondary N) is 2. The number of carbonyl (C=O) groups excluding carboxylic acids is 3. The molecule has 2 aromatic carbocycles. The fraction of sp³-hybridized carbons (Fsp3) is 0.100. The lowest BCUT2D eigenvalue weighted by atomic mass is 10.2. The van der Waals surface area contributed by atoms with Gasteiger partial charge in [-0.2, -0.15) is 0 Å². The number of para-hydroxylation sites is 1. The smallest absolute Gasteiger partial charge is 0.358 e. The molecular weight excluding hydrogens is 414 g/mol. The molecule has 0 aliphatic rings. The van der Waals surface area contributed by atoms with E-state index in [0.29, 0.717) is 15.7 Å². The number of thiazole rings is 1. The van der Waals surface area contributed by atoms with Crippen LogP contribution in [0.5, 0.6) is 0 Å². The highest BCUT2D eigenvalue weighted by molar-refractivity contribution is 7.13. The second-order valence-corrected chi connectivity index (χ2v) is 7.20. The number of benzene rings is 2. The maximum atomic E-state index is 12.3. The van der Waals surface area contributed by atoms with Crippen LogP contribution in [0.15, 0.2) is 60.0 Å². The summed E-state index contributed by atoms with van der Waals surface area (Å²) in [7, 11) is 0. The first-order chi connectivity index (χ1) is 13.9. The van der Waals surface area contributed by atoms with Crippen LogP contribution in [-0.2, 0) is 9.53 Å². The van der Waals surface area contributed by atoms with Crippen molar-refractivity contribution in [3.8, 4) is 10.6 Å². The number of anilines is 1. The lowest BCUT2D eigenvalue weighted by molar-refractivity contribution is -0.127. The van der Waals surface area contributed by atoms with Gasteiger partial charge in [-0.05, 0) is 31.2 Å². The van der Waals surface area contributed by atoms with E-state index < -0.39 is 24.0 Å². The van der Waals surface area contributed by atoms with E-state index in [0.717, 1.165) is 5.56 Å². The Morgan fingerprint density at radius 3 is 2.45 bits per heavy atom. The van der Waals surface area contributed by atoms with Crippen molar-refractivity contribution in [2.75, 3.05) is 5.32 Å². The van der Waals surface area contributed by atoms with E-state index in [2.05, 4.69) is 15.6 Å². The lowest BCUT2D eigenvalue weighted by Crippen LogP contribution is -2.41. The molecule has 1 heterocycles. The van der Waals surface area contributed by atoms with Gasteiger partial charge in [-0.3, -0.25) is 10.1 Å². The summed E-state index contributed by atoms with van der Waals surface area (Å²) in [6, 6.07) is 14.9. The van der Waals surface area contributed by atoms with Crippen LogP contribution in [0.25, 0.3) is 10.6 Å². The molecule has 0 radical (unpaired) electrons. The molecule has 1 unspecified atom stereocenters. The minimum absolute atomic E-state index is 0.0772. The Bertz CT molecular complexity index is 1020. The minimum Gasteiger partial charge on any atom is -0.448 e. The lowest BCUT2D eigenvalue weighted by Gasteiger charge is -2.12. The average Bonchev–Trinajstić information content (AvgIpc) is 3.19. The highest BCUT2D eigenvalue weighted by Crippen LogP contribution is 2.25. The van der Waals surface area contributed by atoms with Crippen LogP contribution in [0, 0.1) is 0 Å². The summed E-state index contributed by atoms with van der Waals surface area (Å²) in [5.74, 6) is -1.51. The van der Waals surface area contributed by atoms with Crippen molar-refractivity contribution in [3.05, 3.63) is 70.7 Å². The van der Waals surface area contributed by atoms with Gasteiger partial charge in [0.05, 0.1) is 0 Å². The number of hydrogen-bond acceptors (Lipinski definition) is 6. The van der Waals surface area contributed by atoms with Crippen LogP contribution < -0.4 is 10.6 Å². The monoisotopic (exact) mass is 429 g/mol. The van der Waals surface area contributed by atoms with Crippen LogP contribution in [0.4, 0.5) is 10.5 Å². The van der Waals surface area contributed by atoms with Crippen molar-refractivity contribution in [1.29, 1.82) is 0 Å². The van der Waals surface area contributed by atoms with E-state index in [1.165, 1.54) is 18.3 Å². The van der Waals surface area contributed by atoms with E-state index in [1.807, 2.05) is 0 Å². The predicted molar refractivity (Wildman–Crippen MR) is 111 cm³/mol. The standard InChI is InChI=1S/C20H16ClN3O4S/c1-12(17(25)24-20(27)22-15-5-3-2-4-6-15)28-19(26)16-11-29-18(23-16)13-7-9-14(21)10-8-13/h2-12H,1H3,(H2,22,24,25,27). The molecule has 0 fully saturated rings. The average molecular weight is 430 g/mol. The predicted octanol–water partition coefficient (Wildman–Crippen LogP) is 4.36. The number of imide groups is 1. The molecule has 9 heteroatoms. The summed E-state index contributed by atoms with van der Waals surface area (Å²) in [5.41, 5.74) is 1.41. The molecule has 3 amide bonds. The highest BCUT2D eigenvalue weighted by Gasteiger charge is 2.22. The number of amides is 3. The summed E-state index contributed by atoms with van der Waals surface area (Å²) in [5, 5.41) is 7.39. The second kappa shape index (κ2) is 9.31. The maximum absolute atomic E-state index is 12.3. The van der Waals surface area contributed by atoms with Crippen molar-refractivity contribution in [2.45, 2.75) is 13.0 Å². The third-order valence-electron chi connectivity index (χ3n) is 3.73. The fourth-order valence-corrected chi connectivity index (χ4v) is 3.19. The summed E-state index contributed by atoms with van der Waals surface area (Å²) in [4.78, 5) is 40.4. The van der Waals surface area contributed by atoms with Crippen LogP contribution in [0.2, 0.25) is 5.02 Å². The number of halogens is 1. The molecule has 1 atom stereocenters. The van der Waals surface area contributed by atoms with Gasteiger partial charge in [-0.1, -0.05) is 41.9 Å². The Labute approximate surface area is 175 Å². The number of hydrogen-bond donors (Lipinski definition) is 2. The van der Waals surface area contributed by atoms with Gasteiger partial charge in [-0.25, -0.2) is 14.6 Å². The van der Waals surface area contributed by atoms with E-state index in [4.69, 9.17) is 16.3 Å². The van der Waals surface area contributed by atoms with Gasteiger partial charge in [0.1, 0.15) is 5.01 Å². The van der Waals surface area contributed by atoms with Gasteiger partial charge in [0, 0.05) is 21.7 Å². The minimum atomic E-state index is -1.18. The number of esters is 1. The molecule has 3 rings (SSSR count). The number of carbonyl (C=O) groups is 3. The Morgan fingerprint density at radius 2 is 1.76 bits per heavy atom. The van der Waals surface area contributed by atoms with E-state index in [-0.39, 0.29) is 5.69 Å². The zero-order valence-electron chi connectivity index (χ0n) is 15.2. The van der Waals surface area contributed by atoms with Crippen LogP contribution in [0.1, 0.15) is 17.4 Å². The molecule has 0 aliphatic carbocycles. The number of aromatic nitrogens is 1. The van der Waals surface area contributed by atoms with E-state index in [9.17, 15) is 14.4 Å². The van der Waals surface area contributed by atoms with Crippen molar-refractivity contribution in [2.24, 2.45) is 0 Å². The van der Waals surface area contributed by atoms with Gasteiger partial charge in [0.15, 0.2) is 11.8 Å². The molecule has 29 heavy (non-hydrogen) atoms. The molecular formula is C20H16ClN3O4S. The van der Waals surface area contributed by atoms with Gasteiger partial charge in [-0.15, -0.1) is 11.3 Å². The normalized spacial score (nSPS) is 11.4. The first kappa shape index (κ1) is 20.5. The van der Waals surface area contributed by atoms with Crippen molar-refractivity contribution < 1.29 is 19.1 Å². The van der Waals surface area contributed by atoms with Crippen molar-refractivity contribution in [1.82, 2.24) is 10.3 Å². The molecule has 0 aliphatic heterocycles. The molecule has 0 saturated heterocycles. The quantitative estimate of drug-likeness (QED) is 0.587. The summed E-state index contributed by atoms with van der Waals surface area (Å²) >= 11 is 7.13. The molecule has 0 spiro atoms. The number of urea groups is 1. The van der Waals surface area contributed by atoms with Crippen molar-refractivity contribution >= 4 is 46.5 Å². The first-order valence-electron chi connectivity index (χ1n) is 8.51. The van der Waals surface area contributed by atoms with E-state index >= 15 is 0 Å². The van der Waals surface area contributed by atoms with Gasteiger partial charge in [0.2, 0.25) is 0 Å². The molecule has 7 nitrogen and oxygen atoms in total. The largest absolute Gasteiger partial charge is 0.448 e. The summed E-state index contributed by atoms with van der Waals surface area (Å²) < 4.78 is 5.11. The van der Waals surface area contributed by atoms with Crippen LogP contribution in [0.3, 0.4) is 0 Å². The number of rotatable bonds is 5. The molecule has 1 aromatic heterocycles. The molecule has 3 aromatic rings. The fourth-order valence-electron chi connectivity index (χ4n) is 2.26. The maximum Gasteiger partial charge on any atom is 0.358 e.